The van der Waals surface area contributed by atoms with E-state index < -0.39 is 12.0 Å². The van der Waals surface area contributed by atoms with Crippen molar-refractivity contribution in [1.82, 2.24) is 9.97 Å². The Labute approximate surface area is 122 Å². The Morgan fingerprint density at radius 2 is 1.86 bits per heavy atom. The lowest BCUT2D eigenvalue weighted by atomic mass is 10.3. The Hall–Kier alpha value is -2.00. The molecule has 0 saturated heterocycles. The number of nitrogens with zero attached hydrogens (tertiary/aromatic N) is 2. The van der Waals surface area contributed by atoms with E-state index in [0.717, 1.165) is 11.8 Å². The van der Waals surface area contributed by atoms with Gasteiger partial charge in [-0.1, -0.05) is 11.8 Å². The van der Waals surface area contributed by atoms with Crippen LogP contribution >= 0.6 is 11.8 Å². The van der Waals surface area contributed by atoms with E-state index in [4.69, 9.17) is 10.6 Å². The first kappa shape index (κ1) is 15.4. The lowest BCUT2D eigenvalue weighted by Crippen LogP contribution is -2.16. The van der Waals surface area contributed by atoms with Crippen molar-refractivity contribution in [2.24, 2.45) is 5.84 Å². The van der Waals surface area contributed by atoms with E-state index >= 15 is 0 Å². The highest BCUT2D eigenvalue weighted by Crippen LogP contribution is 2.32. The monoisotopic (exact) mass is 316 g/mol. The number of nitrogens with two attached hydrogens (primary N) is 1. The van der Waals surface area contributed by atoms with Crippen molar-refractivity contribution in [2.75, 3.05) is 12.5 Å². The normalized spacial score (nSPS) is 11.3. The van der Waals surface area contributed by atoms with Gasteiger partial charge in [0, 0.05) is 11.0 Å². The lowest BCUT2D eigenvalue weighted by molar-refractivity contribution is -0.145. The summed E-state index contributed by atoms with van der Waals surface area (Å²) in [7, 11) is 1.53. The summed E-state index contributed by atoms with van der Waals surface area (Å²) < 4.78 is 43.1. The number of alkyl halides is 3. The van der Waals surface area contributed by atoms with Gasteiger partial charge in [0.05, 0.1) is 7.11 Å². The maximum absolute atomic E-state index is 12.7. The van der Waals surface area contributed by atoms with Crippen LogP contribution in [0.25, 0.3) is 0 Å². The summed E-state index contributed by atoms with van der Waals surface area (Å²) >= 11 is 1.06. The molecule has 21 heavy (non-hydrogen) atoms. The summed E-state index contributed by atoms with van der Waals surface area (Å²) in [4.78, 5) is 7.49. The van der Waals surface area contributed by atoms with E-state index in [2.05, 4.69) is 15.4 Å². The minimum absolute atomic E-state index is 0.103. The molecule has 0 fully saturated rings. The van der Waals surface area contributed by atoms with Crippen molar-refractivity contribution in [3.63, 3.8) is 0 Å². The van der Waals surface area contributed by atoms with Crippen molar-refractivity contribution in [1.29, 1.82) is 0 Å². The molecule has 0 aliphatic rings. The number of halogens is 3. The van der Waals surface area contributed by atoms with Crippen LogP contribution in [0, 0.1) is 0 Å². The van der Waals surface area contributed by atoms with Crippen molar-refractivity contribution in [2.45, 2.75) is 16.1 Å². The summed E-state index contributed by atoms with van der Waals surface area (Å²) in [6, 6.07) is 8.18. The molecule has 0 bridgehead atoms. The quantitative estimate of drug-likeness (QED) is 0.513. The van der Waals surface area contributed by atoms with Crippen LogP contribution in [0.1, 0.15) is 5.82 Å². The molecule has 2 rings (SSSR count). The molecule has 3 N–H and O–H groups in total. The molecule has 0 amide bonds. The molecule has 1 aromatic heterocycles. The third-order valence-electron chi connectivity index (χ3n) is 2.39. The summed E-state index contributed by atoms with van der Waals surface area (Å²) in [6.45, 7) is 0. The van der Waals surface area contributed by atoms with Gasteiger partial charge in [-0.25, -0.2) is 15.8 Å². The number of hydrazine groups is 1. The molecular weight excluding hydrogens is 305 g/mol. The van der Waals surface area contributed by atoms with Gasteiger partial charge < -0.3 is 10.2 Å². The highest BCUT2D eigenvalue weighted by molar-refractivity contribution is 7.99. The number of rotatable bonds is 4. The second-order valence-corrected chi connectivity index (χ2v) is 4.93. The summed E-state index contributed by atoms with van der Waals surface area (Å²) in [5.41, 5.74) is 2.10. The number of nitrogen functional groups attached to an aromatic ring is 1. The number of methoxy groups -OCH3 is 1. The highest BCUT2D eigenvalue weighted by atomic mass is 32.2. The predicted octanol–water partition coefficient (Wildman–Crippen LogP) is 2.94. The molecule has 0 saturated carbocycles. The molecule has 9 heteroatoms. The van der Waals surface area contributed by atoms with Crippen LogP contribution in [0.2, 0.25) is 0 Å². The largest absolute Gasteiger partial charge is 0.497 e. The van der Waals surface area contributed by atoms with Crippen molar-refractivity contribution < 1.29 is 17.9 Å². The summed E-state index contributed by atoms with van der Waals surface area (Å²) in [5, 5.41) is 0.135. The third-order valence-corrected chi connectivity index (χ3v) is 3.31. The Bertz CT molecular complexity index is 619. The molecule has 0 spiro atoms. The zero-order valence-electron chi connectivity index (χ0n) is 10.8. The molecular formula is C12H11F3N4OS. The number of benzene rings is 1. The maximum Gasteiger partial charge on any atom is 0.451 e. The van der Waals surface area contributed by atoms with Gasteiger partial charge in [-0.05, 0) is 24.3 Å². The van der Waals surface area contributed by atoms with Gasteiger partial charge in [0.2, 0.25) is 5.82 Å². The SMILES string of the molecule is COc1ccc(Sc2cc(NN)nc(C(F)(F)F)n2)cc1. The van der Waals surface area contributed by atoms with E-state index in [0.29, 0.717) is 10.6 Å². The first-order chi connectivity index (χ1) is 9.92. The Morgan fingerprint density at radius 3 is 2.38 bits per heavy atom. The highest BCUT2D eigenvalue weighted by Gasteiger charge is 2.35. The third kappa shape index (κ3) is 3.99. The number of hydrogen-bond acceptors (Lipinski definition) is 6. The van der Waals surface area contributed by atoms with Gasteiger partial charge in [0.1, 0.15) is 16.6 Å². The van der Waals surface area contributed by atoms with Crippen molar-refractivity contribution in [3.8, 4) is 5.75 Å². The van der Waals surface area contributed by atoms with Crippen LogP contribution in [-0.4, -0.2) is 17.1 Å². The van der Waals surface area contributed by atoms with Crippen LogP contribution in [0.3, 0.4) is 0 Å². The number of nitrogens with one attached hydrogen (secondary N) is 1. The van der Waals surface area contributed by atoms with E-state index in [-0.39, 0.29) is 10.8 Å². The van der Waals surface area contributed by atoms with Gasteiger partial charge in [-0.15, -0.1) is 0 Å². The number of aromatic nitrogens is 2. The predicted molar refractivity (Wildman–Crippen MR) is 72.0 cm³/mol. The van der Waals surface area contributed by atoms with Crippen molar-refractivity contribution in [3.05, 3.63) is 36.2 Å². The standard InChI is InChI=1S/C12H11F3N4OS/c1-20-7-2-4-8(5-3-7)21-10-6-9(19-16)17-11(18-10)12(13,14)15/h2-6H,16H2,1H3,(H,17,18,19). The van der Waals surface area contributed by atoms with E-state index in [1.807, 2.05) is 0 Å². The maximum atomic E-state index is 12.7. The smallest absolute Gasteiger partial charge is 0.451 e. The molecule has 1 heterocycles. The van der Waals surface area contributed by atoms with Crippen LogP contribution in [0.4, 0.5) is 19.0 Å². The summed E-state index contributed by atoms with van der Waals surface area (Å²) in [5.74, 6) is 4.44. The fourth-order valence-corrected chi connectivity index (χ4v) is 2.26. The zero-order valence-corrected chi connectivity index (χ0v) is 11.6. The molecule has 0 radical (unpaired) electrons. The number of anilines is 1. The molecule has 2 aromatic rings. The van der Waals surface area contributed by atoms with Crippen LogP contribution in [-0.2, 0) is 6.18 Å². The Balaban J connectivity index is 2.29. The minimum Gasteiger partial charge on any atom is -0.497 e. The molecule has 0 aliphatic carbocycles. The lowest BCUT2D eigenvalue weighted by Gasteiger charge is -2.09. The van der Waals surface area contributed by atoms with Gasteiger partial charge in [0.15, 0.2) is 0 Å². The van der Waals surface area contributed by atoms with E-state index in [9.17, 15) is 13.2 Å². The molecule has 0 unspecified atom stereocenters. The second kappa shape index (κ2) is 6.19. The van der Waals surface area contributed by atoms with E-state index in [1.54, 1.807) is 24.3 Å². The fraction of sp³-hybridized carbons (Fsp3) is 0.167. The molecule has 112 valence electrons. The van der Waals surface area contributed by atoms with Gasteiger partial charge in [-0.2, -0.15) is 13.2 Å². The van der Waals surface area contributed by atoms with Gasteiger partial charge >= 0.3 is 6.18 Å². The molecule has 0 atom stereocenters. The first-order valence-electron chi connectivity index (χ1n) is 5.67. The molecule has 0 aliphatic heterocycles. The Kier molecular flexibility index (Phi) is 4.53. The molecule has 5 nitrogen and oxygen atoms in total. The zero-order chi connectivity index (χ0) is 15.5. The Morgan fingerprint density at radius 1 is 1.19 bits per heavy atom. The second-order valence-electron chi connectivity index (χ2n) is 3.83. The minimum atomic E-state index is -4.64. The van der Waals surface area contributed by atoms with Gasteiger partial charge in [0.25, 0.3) is 0 Å². The summed E-state index contributed by atoms with van der Waals surface area (Å²) in [6.07, 6.45) is -4.64. The van der Waals surface area contributed by atoms with Crippen LogP contribution in [0.15, 0.2) is 40.3 Å². The van der Waals surface area contributed by atoms with E-state index in [1.165, 1.54) is 13.2 Å². The fourth-order valence-electron chi connectivity index (χ4n) is 1.44. The molecule has 1 aromatic carbocycles. The topological polar surface area (TPSA) is 73.1 Å². The van der Waals surface area contributed by atoms with Crippen molar-refractivity contribution >= 4 is 17.6 Å². The number of ether oxygens (including phenoxy) is 1. The average Bonchev–Trinajstić information content (AvgIpc) is 2.46. The van der Waals surface area contributed by atoms with Crippen LogP contribution in [0.5, 0.6) is 5.75 Å². The van der Waals surface area contributed by atoms with Gasteiger partial charge in [-0.3, -0.25) is 0 Å². The first-order valence-corrected chi connectivity index (χ1v) is 6.49. The van der Waals surface area contributed by atoms with Crippen LogP contribution < -0.4 is 16.0 Å². The number of hydrogen-bond donors (Lipinski definition) is 2. The average molecular weight is 316 g/mol.